The van der Waals surface area contributed by atoms with Crippen LogP contribution in [0.25, 0.3) is 16.7 Å². The molecule has 1 N–H and O–H groups in total. The van der Waals surface area contributed by atoms with Gasteiger partial charge in [-0.15, -0.1) is 10.2 Å². The van der Waals surface area contributed by atoms with E-state index >= 15 is 0 Å². The summed E-state index contributed by atoms with van der Waals surface area (Å²) in [6.07, 6.45) is 0. The summed E-state index contributed by atoms with van der Waals surface area (Å²) in [7, 11) is 0. The lowest BCUT2D eigenvalue weighted by molar-refractivity contribution is 0.102. The van der Waals surface area contributed by atoms with Crippen molar-refractivity contribution in [1.82, 2.24) is 15.0 Å². The molecule has 0 saturated heterocycles. The van der Waals surface area contributed by atoms with Gasteiger partial charge in [0.05, 0.1) is 5.69 Å². The zero-order chi connectivity index (χ0) is 25.3. The van der Waals surface area contributed by atoms with Crippen molar-refractivity contribution < 1.29 is 4.79 Å². The normalized spacial score (nSPS) is 11.6. The number of aromatic nitrogens is 3. The van der Waals surface area contributed by atoms with Crippen LogP contribution in [0.3, 0.4) is 0 Å². The molecule has 35 heavy (non-hydrogen) atoms. The third kappa shape index (κ3) is 5.06. The van der Waals surface area contributed by atoms with Gasteiger partial charge in [0.1, 0.15) is 11.0 Å². The fourth-order valence-corrected chi connectivity index (χ4v) is 4.28. The van der Waals surface area contributed by atoms with Crippen molar-refractivity contribution in [3.05, 3.63) is 76.9 Å². The summed E-state index contributed by atoms with van der Waals surface area (Å²) in [5, 5.41) is 12.5. The molecule has 1 amide bonds. The number of nitrogens with zero attached hydrogens (tertiary/aromatic N) is 4. The van der Waals surface area contributed by atoms with Crippen molar-refractivity contribution in [2.45, 2.75) is 53.9 Å². The first kappa shape index (κ1) is 24.5. The average molecular weight is 470 g/mol. The Balaban J connectivity index is 1.60. The highest BCUT2D eigenvalue weighted by molar-refractivity contribution is 6.05. The highest BCUT2D eigenvalue weighted by Crippen LogP contribution is 2.26. The van der Waals surface area contributed by atoms with E-state index in [-0.39, 0.29) is 11.3 Å². The van der Waals surface area contributed by atoms with Gasteiger partial charge in [0.2, 0.25) is 0 Å². The molecule has 0 aliphatic rings. The topological polar surface area (TPSA) is 63.1 Å². The van der Waals surface area contributed by atoms with Crippen molar-refractivity contribution in [3.63, 3.8) is 0 Å². The summed E-state index contributed by atoms with van der Waals surface area (Å²) >= 11 is 0. The van der Waals surface area contributed by atoms with E-state index in [1.807, 2.05) is 43.3 Å². The van der Waals surface area contributed by atoms with Gasteiger partial charge < -0.3 is 10.2 Å². The molecule has 0 unspecified atom stereocenters. The van der Waals surface area contributed by atoms with Crippen LogP contribution in [0.4, 0.5) is 11.4 Å². The second-order valence-corrected chi connectivity index (χ2v) is 10.1. The van der Waals surface area contributed by atoms with Crippen LogP contribution < -0.4 is 10.2 Å². The zero-order valence-electron chi connectivity index (χ0n) is 21.8. The molecular weight excluding hydrogens is 434 g/mol. The average Bonchev–Trinajstić information content (AvgIpc) is 3.22. The van der Waals surface area contributed by atoms with Crippen molar-refractivity contribution >= 4 is 28.3 Å². The number of amides is 1. The van der Waals surface area contributed by atoms with E-state index in [1.54, 1.807) is 4.80 Å². The van der Waals surface area contributed by atoms with Crippen molar-refractivity contribution in [2.24, 2.45) is 0 Å². The first-order chi connectivity index (χ1) is 16.6. The summed E-state index contributed by atoms with van der Waals surface area (Å²) in [4.78, 5) is 16.9. The Morgan fingerprint density at radius 3 is 2.09 bits per heavy atom. The molecule has 0 spiro atoms. The minimum Gasteiger partial charge on any atom is -0.372 e. The van der Waals surface area contributed by atoms with Crippen molar-refractivity contribution in [1.29, 1.82) is 0 Å². The standard InChI is InChI=1S/C29H35N5O/c1-8-33(9-2)23-14-15-27(20(4)16-23)34-31-25-17-19(3)24(18-26(25)32-34)30-28(35)21-10-12-22(13-11-21)29(5,6)7/h10-18H,8-9H2,1-7H3,(H,30,35). The highest BCUT2D eigenvalue weighted by Gasteiger charge is 2.16. The number of nitrogens with one attached hydrogen (secondary N) is 1. The summed E-state index contributed by atoms with van der Waals surface area (Å²) in [6, 6.07) is 18.0. The van der Waals surface area contributed by atoms with Crippen molar-refractivity contribution in [2.75, 3.05) is 23.3 Å². The summed E-state index contributed by atoms with van der Waals surface area (Å²) in [6.45, 7) is 16.8. The van der Waals surface area contributed by atoms with Gasteiger partial charge in [-0.1, -0.05) is 32.9 Å². The van der Waals surface area contributed by atoms with Crippen LogP contribution in [-0.4, -0.2) is 34.0 Å². The molecule has 0 aliphatic carbocycles. The minimum absolute atomic E-state index is 0.0481. The van der Waals surface area contributed by atoms with E-state index in [2.05, 4.69) is 70.0 Å². The number of rotatable bonds is 6. The maximum atomic E-state index is 12.9. The molecule has 0 bridgehead atoms. The molecule has 3 aromatic carbocycles. The van der Waals surface area contributed by atoms with E-state index in [4.69, 9.17) is 10.2 Å². The first-order valence-electron chi connectivity index (χ1n) is 12.3. The number of hydrogen-bond donors (Lipinski definition) is 1. The molecular formula is C29H35N5O. The summed E-state index contributed by atoms with van der Waals surface area (Å²) in [5.74, 6) is -0.136. The van der Waals surface area contributed by atoms with Gasteiger partial charge in [-0.05, 0) is 92.3 Å². The largest absolute Gasteiger partial charge is 0.372 e. The number of hydrogen-bond acceptors (Lipinski definition) is 4. The molecule has 0 radical (unpaired) electrons. The van der Waals surface area contributed by atoms with Gasteiger partial charge in [-0.25, -0.2) is 0 Å². The molecule has 4 aromatic rings. The maximum absolute atomic E-state index is 12.9. The number of carbonyl (C=O) groups excluding carboxylic acids is 1. The Kier molecular flexibility index (Phi) is 6.66. The third-order valence-corrected chi connectivity index (χ3v) is 6.51. The fourth-order valence-electron chi connectivity index (χ4n) is 4.28. The predicted octanol–water partition coefficient (Wildman–Crippen LogP) is 6.43. The summed E-state index contributed by atoms with van der Waals surface area (Å²) < 4.78 is 0. The van der Waals surface area contributed by atoms with E-state index in [1.165, 1.54) is 11.3 Å². The first-order valence-corrected chi connectivity index (χ1v) is 12.3. The Morgan fingerprint density at radius 2 is 1.51 bits per heavy atom. The molecule has 0 fully saturated rings. The minimum atomic E-state index is -0.136. The smallest absolute Gasteiger partial charge is 0.255 e. The molecule has 0 atom stereocenters. The van der Waals surface area contributed by atoms with Crippen molar-refractivity contribution in [3.8, 4) is 5.69 Å². The lowest BCUT2D eigenvalue weighted by Gasteiger charge is -2.22. The molecule has 0 saturated carbocycles. The van der Waals surface area contributed by atoms with Gasteiger partial charge >= 0.3 is 0 Å². The maximum Gasteiger partial charge on any atom is 0.255 e. The monoisotopic (exact) mass is 469 g/mol. The third-order valence-electron chi connectivity index (χ3n) is 6.51. The second kappa shape index (κ2) is 9.53. The molecule has 182 valence electrons. The number of anilines is 2. The Bertz CT molecular complexity index is 1360. The van der Waals surface area contributed by atoms with Crippen LogP contribution in [0, 0.1) is 13.8 Å². The fraction of sp³-hybridized carbons (Fsp3) is 0.345. The Morgan fingerprint density at radius 1 is 0.886 bits per heavy atom. The predicted molar refractivity (Wildman–Crippen MR) is 145 cm³/mol. The number of benzene rings is 3. The van der Waals surface area contributed by atoms with E-state index < -0.39 is 0 Å². The van der Waals surface area contributed by atoms with E-state index in [9.17, 15) is 4.79 Å². The molecule has 6 heteroatoms. The molecule has 1 aromatic heterocycles. The molecule has 1 heterocycles. The molecule has 4 rings (SSSR count). The van der Waals surface area contributed by atoms with Gasteiger partial charge in [0.25, 0.3) is 5.91 Å². The lowest BCUT2D eigenvalue weighted by Crippen LogP contribution is -2.21. The van der Waals surface area contributed by atoms with Crippen LogP contribution in [0.1, 0.15) is 61.7 Å². The number of carbonyl (C=O) groups is 1. The van der Waals surface area contributed by atoms with Crippen LogP contribution in [0.5, 0.6) is 0 Å². The van der Waals surface area contributed by atoms with Gasteiger partial charge in [-0.3, -0.25) is 4.79 Å². The second-order valence-electron chi connectivity index (χ2n) is 10.1. The Labute approximate surface area is 208 Å². The van der Waals surface area contributed by atoms with Crippen LogP contribution in [-0.2, 0) is 5.41 Å². The SMILES string of the molecule is CCN(CC)c1ccc(-n2nc3cc(C)c(NC(=O)c4ccc(C(C)(C)C)cc4)cc3n2)c(C)c1. The van der Waals surface area contributed by atoms with Crippen LogP contribution in [0.15, 0.2) is 54.6 Å². The molecule has 0 aliphatic heterocycles. The lowest BCUT2D eigenvalue weighted by atomic mass is 9.87. The number of fused-ring (bicyclic) bond motifs is 1. The highest BCUT2D eigenvalue weighted by atomic mass is 16.1. The van der Waals surface area contributed by atoms with Crippen LogP contribution >= 0.6 is 0 Å². The Hall–Kier alpha value is -3.67. The quantitative estimate of drug-likeness (QED) is 0.353. The van der Waals surface area contributed by atoms with E-state index in [0.29, 0.717) is 5.56 Å². The van der Waals surface area contributed by atoms with Gasteiger partial charge in [-0.2, -0.15) is 4.80 Å². The van der Waals surface area contributed by atoms with E-state index in [0.717, 1.165) is 46.6 Å². The number of aryl methyl sites for hydroxylation is 2. The van der Waals surface area contributed by atoms with Gasteiger partial charge in [0.15, 0.2) is 0 Å². The molecule has 6 nitrogen and oxygen atoms in total. The zero-order valence-corrected chi connectivity index (χ0v) is 21.8. The van der Waals surface area contributed by atoms with Crippen LogP contribution in [0.2, 0.25) is 0 Å². The summed E-state index contributed by atoms with van der Waals surface area (Å²) in [5.41, 5.74) is 8.34. The van der Waals surface area contributed by atoms with Gasteiger partial charge in [0, 0.05) is 30.0 Å².